The first-order chi connectivity index (χ1) is 12.7. The summed E-state index contributed by atoms with van der Waals surface area (Å²) in [7, 11) is 0. The van der Waals surface area contributed by atoms with Crippen LogP contribution < -0.4 is 5.32 Å². The molecule has 0 aliphatic heterocycles. The van der Waals surface area contributed by atoms with Crippen LogP contribution in [-0.2, 0) is 13.1 Å². The Labute approximate surface area is 159 Å². The molecule has 26 heavy (non-hydrogen) atoms. The molecule has 5 heteroatoms. The minimum absolute atomic E-state index is 0.240. The van der Waals surface area contributed by atoms with Crippen molar-refractivity contribution in [2.75, 3.05) is 5.32 Å². The Morgan fingerprint density at radius 1 is 1.08 bits per heavy atom. The number of aryl methyl sites for hydroxylation is 1. The molecule has 3 rings (SSSR count). The van der Waals surface area contributed by atoms with E-state index in [4.69, 9.17) is 16.6 Å². The van der Waals surface area contributed by atoms with Crippen LogP contribution in [-0.4, -0.2) is 14.7 Å². The average molecular weight is 372 g/mol. The molecule has 0 atom stereocenters. The number of unbranched alkanes of at least 4 members (excludes halogenated alkanes) is 4. The topological polar surface area (TPSA) is 50.1 Å². The van der Waals surface area contributed by atoms with Crippen LogP contribution in [0.25, 0.3) is 11.0 Å². The van der Waals surface area contributed by atoms with E-state index >= 15 is 0 Å². The van der Waals surface area contributed by atoms with Gasteiger partial charge in [-0.2, -0.15) is 0 Å². The Morgan fingerprint density at radius 2 is 1.88 bits per heavy atom. The van der Waals surface area contributed by atoms with Gasteiger partial charge in [-0.1, -0.05) is 56.3 Å². The average Bonchev–Trinajstić information content (AvgIpc) is 3.00. The zero-order chi connectivity index (χ0) is 18.4. The van der Waals surface area contributed by atoms with E-state index in [0.717, 1.165) is 35.5 Å². The SMILES string of the molecule is CCCCCCCn1c(NCc2cc(Cl)ccc2O)nc2ccccc21. The maximum atomic E-state index is 10.0. The van der Waals surface area contributed by atoms with Crippen LogP contribution >= 0.6 is 11.6 Å². The molecule has 1 aromatic heterocycles. The lowest BCUT2D eigenvalue weighted by Crippen LogP contribution is -2.08. The highest BCUT2D eigenvalue weighted by atomic mass is 35.5. The number of hydrogen-bond donors (Lipinski definition) is 2. The van der Waals surface area contributed by atoms with Gasteiger partial charge in [0.2, 0.25) is 5.95 Å². The summed E-state index contributed by atoms with van der Waals surface area (Å²) >= 11 is 6.04. The number of anilines is 1. The molecule has 0 saturated heterocycles. The summed E-state index contributed by atoms with van der Waals surface area (Å²) in [5.41, 5.74) is 2.89. The van der Waals surface area contributed by atoms with E-state index in [0.29, 0.717) is 11.6 Å². The van der Waals surface area contributed by atoms with Crippen molar-refractivity contribution in [3.63, 3.8) is 0 Å². The van der Waals surface area contributed by atoms with Gasteiger partial charge in [0.15, 0.2) is 0 Å². The summed E-state index contributed by atoms with van der Waals surface area (Å²) in [6.45, 7) is 3.65. The minimum atomic E-state index is 0.240. The summed E-state index contributed by atoms with van der Waals surface area (Å²) in [4.78, 5) is 4.73. The lowest BCUT2D eigenvalue weighted by Gasteiger charge is -2.12. The van der Waals surface area contributed by atoms with E-state index in [1.165, 1.54) is 25.7 Å². The molecule has 0 saturated carbocycles. The van der Waals surface area contributed by atoms with Crippen LogP contribution in [0.2, 0.25) is 5.02 Å². The fraction of sp³-hybridized carbons (Fsp3) is 0.381. The molecule has 0 fully saturated rings. The smallest absolute Gasteiger partial charge is 0.204 e. The minimum Gasteiger partial charge on any atom is -0.508 e. The van der Waals surface area contributed by atoms with E-state index in [-0.39, 0.29) is 5.75 Å². The van der Waals surface area contributed by atoms with Crippen LogP contribution in [0.1, 0.15) is 44.6 Å². The van der Waals surface area contributed by atoms with Gasteiger partial charge in [0.1, 0.15) is 5.75 Å². The van der Waals surface area contributed by atoms with Gasteiger partial charge in [0.05, 0.1) is 11.0 Å². The number of fused-ring (bicyclic) bond motifs is 1. The Bertz CT molecular complexity index is 860. The van der Waals surface area contributed by atoms with E-state index in [1.54, 1.807) is 18.2 Å². The number of nitrogens with zero attached hydrogens (tertiary/aromatic N) is 2. The zero-order valence-electron chi connectivity index (χ0n) is 15.2. The molecule has 0 aliphatic carbocycles. The normalized spacial score (nSPS) is 11.2. The maximum absolute atomic E-state index is 10.0. The summed E-state index contributed by atoms with van der Waals surface area (Å²) in [5, 5.41) is 14.0. The second-order valence-electron chi connectivity index (χ2n) is 6.62. The van der Waals surface area contributed by atoms with E-state index in [9.17, 15) is 5.11 Å². The Morgan fingerprint density at radius 3 is 2.73 bits per heavy atom. The number of benzene rings is 2. The van der Waals surface area contributed by atoms with Crippen LogP contribution in [0.4, 0.5) is 5.95 Å². The van der Waals surface area contributed by atoms with Crippen LogP contribution in [0, 0.1) is 0 Å². The number of nitrogens with one attached hydrogen (secondary N) is 1. The molecule has 0 aliphatic rings. The Hall–Kier alpha value is -2.20. The first-order valence-electron chi connectivity index (χ1n) is 9.35. The van der Waals surface area contributed by atoms with Gasteiger partial charge >= 0.3 is 0 Å². The highest BCUT2D eigenvalue weighted by molar-refractivity contribution is 6.30. The standard InChI is InChI=1S/C21H26ClN3O/c1-2-3-4-5-8-13-25-19-10-7-6-9-18(19)24-21(25)23-15-16-14-17(22)11-12-20(16)26/h6-7,9-12,14,26H,2-5,8,13,15H2,1H3,(H,23,24). The second kappa shape index (κ2) is 8.95. The molecular weight excluding hydrogens is 346 g/mol. The van der Waals surface area contributed by atoms with Crippen molar-refractivity contribution in [3.05, 3.63) is 53.1 Å². The predicted octanol–water partition coefficient (Wildman–Crippen LogP) is 5.98. The van der Waals surface area contributed by atoms with Crippen LogP contribution in [0.3, 0.4) is 0 Å². The van der Waals surface area contributed by atoms with Crippen molar-refractivity contribution in [1.82, 2.24) is 9.55 Å². The van der Waals surface area contributed by atoms with Gasteiger partial charge in [0.25, 0.3) is 0 Å². The van der Waals surface area contributed by atoms with Gasteiger partial charge in [-0.3, -0.25) is 0 Å². The molecule has 0 spiro atoms. The summed E-state index contributed by atoms with van der Waals surface area (Å²) in [6.07, 6.45) is 6.20. The first kappa shape index (κ1) is 18.6. The fourth-order valence-corrected chi connectivity index (χ4v) is 3.37. The summed E-state index contributed by atoms with van der Waals surface area (Å²) < 4.78 is 2.24. The number of imidazole rings is 1. The Balaban J connectivity index is 1.76. The van der Waals surface area contributed by atoms with Gasteiger partial charge < -0.3 is 15.0 Å². The monoisotopic (exact) mass is 371 g/mol. The van der Waals surface area contributed by atoms with E-state index in [2.05, 4.69) is 22.9 Å². The van der Waals surface area contributed by atoms with Gasteiger partial charge in [0, 0.05) is 23.7 Å². The van der Waals surface area contributed by atoms with Crippen LogP contribution in [0.5, 0.6) is 5.75 Å². The first-order valence-corrected chi connectivity index (χ1v) is 9.73. The lowest BCUT2D eigenvalue weighted by molar-refractivity contribution is 0.469. The van der Waals surface area contributed by atoms with Gasteiger partial charge in [-0.15, -0.1) is 0 Å². The molecule has 0 radical (unpaired) electrons. The Kier molecular flexibility index (Phi) is 6.40. The molecule has 0 bridgehead atoms. The number of phenols is 1. The molecule has 1 heterocycles. The van der Waals surface area contributed by atoms with Crippen molar-refractivity contribution < 1.29 is 5.11 Å². The second-order valence-corrected chi connectivity index (χ2v) is 7.05. The zero-order valence-corrected chi connectivity index (χ0v) is 16.0. The highest BCUT2D eigenvalue weighted by Gasteiger charge is 2.11. The van der Waals surface area contributed by atoms with Gasteiger partial charge in [-0.05, 0) is 36.8 Å². The lowest BCUT2D eigenvalue weighted by atomic mass is 10.1. The summed E-state index contributed by atoms with van der Waals surface area (Å²) in [6, 6.07) is 13.3. The fourth-order valence-electron chi connectivity index (χ4n) is 3.18. The number of hydrogen-bond acceptors (Lipinski definition) is 3. The number of halogens is 1. The third kappa shape index (κ3) is 4.50. The molecule has 4 nitrogen and oxygen atoms in total. The molecular formula is C21H26ClN3O. The van der Waals surface area contributed by atoms with Crippen molar-refractivity contribution in [1.29, 1.82) is 0 Å². The maximum Gasteiger partial charge on any atom is 0.204 e. The highest BCUT2D eigenvalue weighted by Crippen LogP contribution is 2.25. The number of aromatic hydroxyl groups is 1. The molecule has 138 valence electrons. The van der Waals surface area contributed by atoms with Crippen molar-refractivity contribution in [2.24, 2.45) is 0 Å². The third-order valence-electron chi connectivity index (χ3n) is 4.62. The molecule has 2 N–H and O–H groups in total. The van der Waals surface area contributed by atoms with Gasteiger partial charge in [-0.25, -0.2) is 4.98 Å². The molecule has 2 aromatic carbocycles. The van der Waals surface area contributed by atoms with Crippen LogP contribution in [0.15, 0.2) is 42.5 Å². The third-order valence-corrected chi connectivity index (χ3v) is 4.85. The summed E-state index contributed by atoms with van der Waals surface area (Å²) in [5.74, 6) is 1.07. The molecule has 0 amide bonds. The molecule has 3 aromatic rings. The number of rotatable bonds is 9. The molecule has 0 unspecified atom stereocenters. The van der Waals surface area contributed by atoms with E-state index < -0.39 is 0 Å². The quantitative estimate of drug-likeness (QED) is 0.455. The number of para-hydroxylation sites is 2. The van der Waals surface area contributed by atoms with Crippen molar-refractivity contribution in [3.8, 4) is 5.75 Å². The number of aromatic nitrogens is 2. The number of phenolic OH excluding ortho intramolecular Hbond substituents is 1. The van der Waals surface area contributed by atoms with Crippen molar-refractivity contribution in [2.45, 2.75) is 52.1 Å². The predicted molar refractivity (Wildman–Crippen MR) is 109 cm³/mol. The van der Waals surface area contributed by atoms with E-state index in [1.807, 2.05) is 18.2 Å². The largest absolute Gasteiger partial charge is 0.508 e. The van der Waals surface area contributed by atoms with Crippen molar-refractivity contribution >= 4 is 28.6 Å².